The topological polar surface area (TPSA) is 21.3 Å². The number of anilines is 1. The molecule has 0 atom stereocenters. The van der Waals surface area contributed by atoms with Gasteiger partial charge in [0.2, 0.25) is 0 Å². The van der Waals surface area contributed by atoms with Crippen LogP contribution in [0.2, 0.25) is 0 Å². The second-order valence-corrected chi connectivity index (χ2v) is 3.82. The number of benzene rings is 2. The Labute approximate surface area is 101 Å². The van der Waals surface area contributed by atoms with E-state index in [-0.39, 0.29) is 0 Å². The standard InChI is InChI=1S/C13H13NOS/c1-14-10-2-4-11(5-3-10)15-12-6-8-13(16)9-7-12/h2-9,14,16H,1H3/p-1. The Bertz CT molecular complexity index is 450. The molecule has 2 rings (SSSR count). The number of hydrogen-bond acceptors (Lipinski definition) is 3. The molecule has 1 N–H and O–H groups in total. The van der Waals surface area contributed by atoms with Crippen molar-refractivity contribution in [3.05, 3.63) is 48.5 Å². The summed E-state index contributed by atoms with van der Waals surface area (Å²) in [4.78, 5) is 0.817. The maximum atomic E-state index is 5.66. The summed E-state index contributed by atoms with van der Waals surface area (Å²) >= 11 is 5.01. The summed E-state index contributed by atoms with van der Waals surface area (Å²) in [6.45, 7) is 0. The van der Waals surface area contributed by atoms with Crippen molar-refractivity contribution in [1.29, 1.82) is 0 Å². The summed E-state index contributed by atoms with van der Waals surface area (Å²) in [5, 5.41) is 3.06. The molecule has 0 aliphatic rings. The smallest absolute Gasteiger partial charge is 0.127 e. The lowest BCUT2D eigenvalue weighted by atomic mass is 10.3. The van der Waals surface area contributed by atoms with Crippen molar-refractivity contribution in [2.24, 2.45) is 0 Å². The van der Waals surface area contributed by atoms with E-state index < -0.39 is 0 Å². The van der Waals surface area contributed by atoms with Crippen molar-refractivity contribution >= 4 is 18.3 Å². The van der Waals surface area contributed by atoms with Crippen molar-refractivity contribution < 1.29 is 4.74 Å². The fourth-order valence-electron chi connectivity index (χ4n) is 1.33. The molecule has 2 aromatic rings. The summed E-state index contributed by atoms with van der Waals surface area (Å²) in [6.07, 6.45) is 0. The fourth-order valence-corrected chi connectivity index (χ4v) is 1.47. The minimum atomic E-state index is 0.797. The molecule has 2 aromatic carbocycles. The summed E-state index contributed by atoms with van der Waals surface area (Å²) in [6, 6.07) is 15.2. The molecule has 0 spiro atoms. The quantitative estimate of drug-likeness (QED) is 0.816. The van der Waals surface area contributed by atoms with Crippen molar-refractivity contribution in [3.8, 4) is 11.5 Å². The number of nitrogens with one attached hydrogen (secondary N) is 1. The van der Waals surface area contributed by atoms with Gasteiger partial charge in [0.05, 0.1) is 0 Å². The van der Waals surface area contributed by atoms with E-state index in [1.807, 2.05) is 55.6 Å². The van der Waals surface area contributed by atoms with Crippen LogP contribution in [-0.2, 0) is 12.6 Å². The third-order valence-corrected chi connectivity index (χ3v) is 2.47. The maximum Gasteiger partial charge on any atom is 0.127 e. The molecule has 0 fully saturated rings. The lowest BCUT2D eigenvalue weighted by Gasteiger charge is -2.09. The van der Waals surface area contributed by atoms with Gasteiger partial charge in [-0.05, 0) is 36.4 Å². The lowest BCUT2D eigenvalue weighted by Crippen LogP contribution is -1.88. The lowest BCUT2D eigenvalue weighted by molar-refractivity contribution is 0.482. The molecule has 0 unspecified atom stereocenters. The van der Waals surface area contributed by atoms with Crippen molar-refractivity contribution in [3.63, 3.8) is 0 Å². The molecule has 0 aromatic heterocycles. The zero-order chi connectivity index (χ0) is 11.4. The monoisotopic (exact) mass is 230 g/mol. The van der Waals surface area contributed by atoms with Crippen LogP contribution in [0.5, 0.6) is 11.5 Å². The van der Waals surface area contributed by atoms with Crippen LogP contribution in [0.3, 0.4) is 0 Å². The Morgan fingerprint density at radius 1 is 0.875 bits per heavy atom. The normalized spacial score (nSPS) is 9.81. The fraction of sp³-hybridized carbons (Fsp3) is 0.0769. The van der Waals surface area contributed by atoms with Crippen LogP contribution in [0.15, 0.2) is 53.4 Å². The van der Waals surface area contributed by atoms with Crippen LogP contribution in [0.1, 0.15) is 0 Å². The Morgan fingerprint density at radius 3 is 1.88 bits per heavy atom. The van der Waals surface area contributed by atoms with Crippen LogP contribution in [0.25, 0.3) is 0 Å². The molecule has 0 aliphatic heterocycles. The molecular weight excluding hydrogens is 218 g/mol. The van der Waals surface area contributed by atoms with Gasteiger partial charge in [-0.1, -0.05) is 12.1 Å². The number of hydrogen-bond donors (Lipinski definition) is 1. The van der Waals surface area contributed by atoms with E-state index in [4.69, 9.17) is 17.4 Å². The molecule has 82 valence electrons. The van der Waals surface area contributed by atoms with Gasteiger partial charge in [0.25, 0.3) is 0 Å². The molecule has 2 nitrogen and oxygen atoms in total. The van der Waals surface area contributed by atoms with E-state index in [0.29, 0.717) is 0 Å². The van der Waals surface area contributed by atoms with Crippen molar-refractivity contribution in [2.45, 2.75) is 4.90 Å². The van der Waals surface area contributed by atoms with E-state index in [0.717, 1.165) is 22.1 Å². The zero-order valence-corrected chi connectivity index (χ0v) is 9.75. The highest BCUT2D eigenvalue weighted by atomic mass is 32.1. The molecule has 0 bridgehead atoms. The molecule has 0 aliphatic carbocycles. The Hall–Kier alpha value is -1.74. The highest BCUT2D eigenvalue weighted by Crippen LogP contribution is 2.22. The SMILES string of the molecule is CNc1ccc(Oc2ccc([S-])cc2)cc1. The van der Waals surface area contributed by atoms with Gasteiger partial charge in [-0.15, -0.1) is 0 Å². The second-order valence-electron chi connectivity index (χ2n) is 3.35. The summed E-state index contributed by atoms with van der Waals surface area (Å²) in [7, 11) is 1.89. The second kappa shape index (κ2) is 4.86. The van der Waals surface area contributed by atoms with Gasteiger partial charge in [-0.2, -0.15) is 4.90 Å². The minimum Gasteiger partial charge on any atom is -0.780 e. The van der Waals surface area contributed by atoms with Crippen LogP contribution >= 0.6 is 0 Å². The van der Waals surface area contributed by atoms with Crippen LogP contribution in [-0.4, -0.2) is 7.05 Å². The van der Waals surface area contributed by atoms with Gasteiger partial charge in [0, 0.05) is 12.7 Å². The predicted octanol–water partition coefficient (Wildman–Crippen LogP) is 3.43. The van der Waals surface area contributed by atoms with Gasteiger partial charge < -0.3 is 22.7 Å². The van der Waals surface area contributed by atoms with E-state index in [2.05, 4.69) is 5.32 Å². The predicted molar refractivity (Wildman–Crippen MR) is 68.1 cm³/mol. The van der Waals surface area contributed by atoms with Crippen LogP contribution in [0, 0.1) is 0 Å². The first kappa shape index (κ1) is 10.8. The van der Waals surface area contributed by atoms with Crippen molar-refractivity contribution in [2.75, 3.05) is 12.4 Å². The number of ether oxygens (including phenoxy) is 1. The summed E-state index contributed by atoms with van der Waals surface area (Å²) in [5.74, 6) is 1.61. The molecule has 0 saturated heterocycles. The van der Waals surface area contributed by atoms with Crippen LogP contribution < -0.4 is 10.1 Å². The van der Waals surface area contributed by atoms with Crippen molar-refractivity contribution in [1.82, 2.24) is 0 Å². The Morgan fingerprint density at radius 2 is 1.38 bits per heavy atom. The highest BCUT2D eigenvalue weighted by molar-refractivity contribution is 7.58. The van der Waals surface area contributed by atoms with E-state index in [9.17, 15) is 0 Å². The molecule has 0 saturated carbocycles. The molecule has 0 heterocycles. The molecule has 0 amide bonds. The highest BCUT2D eigenvalue weighted by Gasteiger charge is 1.95. The maximum absolute atomic E-state index is 5.66. The average molecular weight is 230 g/mol. The third kappa shape index (κ3) is 2.64. The minimum absolute atomic E-state index is 0.797. The largest absolute Gasteiger partial charge is 0.780 e. The average Bonchev–Trinajstić information content (AvgIpc) is 2.33. The first-order chi connectivity index (χ1) is 7.78. The van der Waals surface area contributed by atoms with Gasteiger partial charge in [0.1, 0.15) is 11.5 Å². The molecule has 3 heteroatoms. The molecule has 0 radical (unpaired) electrons. The molecule has 16 heavy (non-hydrogen) atoms. The van der Waals surface area contributed by atoms with E-state index in [1.165, 1.54) is 0 Å². The third-order valence-electron chi connectivity index (χ3n) is 2.20. The van der Waals surface area contributed by atoms with Gasteiger partial charge in [-0.3, -0.25) is 0 Å². The first-order valence-electron chi connectivity index (χ1n) is 5.01. The Balaban J connectivity index is 2.11. The Kier molecular flexibility index (Phi) is 3.27. The molecular formula is C13H12NOS-. The summed E-state index contributed by atoms with van der Waals surface area (Å²) < 4.78 is 5.66. The number of rotatable bonds is 3. The van der Waals surface area contributed by atoms with Crippen LogP contribution in [0.4, 0.5) is 5.69 Å². The van der Waals surface area contributed by atoms with E-state index >= 15 is 0 Å². The first-order valence-corrected chi connectivity index (χ1v) is 5.41. The van der Waals surface area contributed by atoms with Gasteiger partial charge >= 0.3 is 0 Å². The summed E-state index contributed by atoms with van der Waals surface area (Å²) in [5.41, 5.74) is 1.06. The van der Waals surface area contributed by atoms with Gasteiger partial charge in [0.15, 0.2) is 0 Å². The van der Waals surface area contributed by atoms with Gasteiger partial charge in [-0.25, -0.2) is 0 Å². The zero-order valence-electron chi connectivity index (χ0n) is 8.94. The van der Waals surface area contributed by atoms with E-state index in [1.54, 1.807) is 0 Å².